The summed E-state index contributed by atoms with van der Waals surface area (Å²) < 4.78 is 9.58. The van der Waals surface area contributed by atoms with E-state index in [4.69, 9.17) is 24.5 Å². The molecular formula is C2H8O6P2S. The summed E-state index contributed by atoms with van der Waals surface area (Å²) in [5.74, 6) is 0.604. The molecule has 0 unspecified atom stereocenters. The van der Waals surface area contributed by atoms with Gasteiger partial charge in [-0.1, -0.05) is 6.58 Å². The molecule has 0 saturated heterocycles. The van der Waals surface area contributed by atoms with Gasteiger partial charge in [-0.3, -0.25) is 4.57 Å². The molecule has 0 aromatic heterocycles. The fraction of sp³-hybridized carbons (Fsp3) is 0. The molecule has 0 amide bonds. The molecule has 0 atom stereocenters. The molecule has 0 spiro atoms. The molecule has 0 bridgehead atoms. The zero-order valence-corrected chi connectivity index (χ0v) is 7.84. The number of hydrogen-bond acceptors (Lipinski definition) is 2. The van der Waals surface area contributed by atoms with E-state index >= 15 is 0 Å². The topological polar surface area (TPSA) is 118 Å². The summed E-state index contributed by atoms with van der Waals surface area (Å²) >= 11 is 3.60. The normalized spacial score (nSPS) is 11.4. The van der Waals surface area contributed by atoms with Crippen LogP contribution in [0.3, 0.4) is 0 Å². The molecule has 0 fully saturated rings. The van der Waals surface area contributed by atoms with E-state index in [1.165, 1.54) is 0 Å². The second kappa shape index (κ2) is 5.13. The van der Waals surface area contributed by atoms with Crippen LogP contribution in [0.4, 0.5) is 0 Å². The first kappa shape index (κ1) is 14.0. The smallest absolute Gasteiger partial charge is 0.325 e. The van der Waals surface area contributed by atoms with Crippen molar-refractivity contribution in [2.24, 2.45) is 0 Å². The van der Waals surface area contributed by atoms with Crippen LogP contribution in [0, 0.1) is 0 Å². The van der Waals surface area contributed by atoms with Gasteiger partial charge < -0.3 is 24.5 Å². The molecule has 11 heavy (non-hydrogen) atoms. The molecule has 0 aromatic carbocycles. The van der Waals surface area contributed by atoms with Gasteiger partial charge in [0.2, 0.25) is 0 Å². The molecule has 0 heterocycles. The lowest BCUT2D eigenvalue weighted by molar-refractivity contribution is 0.363. The Morgan fingerprint density at radius 2 is 1.27 bits per heavy atom. The summed E-state index contributed by atoms with van der Waals surface area (Å²) in [6.07, 6.45) is 0. The predicted octanol–water partition coefficient (Wildman–Crippen LogP) is -0.505. The zero-order valence-electron chi connectivity index (χ0n) is 5.23. The Hall–Kier alpha value is 0.420. The molecule has 0 aliphatic heterocycles. The lowest BCUT2D eigenvalue weighted by Crippen LogP contribution is -1.65. The molecule has 6 nitrogen and oxygen atoms in total. The van der Waals surface area contributed by atoms with Crippen molar-refractivity contribution in [3.05, 3.63) is 12.4 Å². The Balaban J connectivity index is 0. The average Bonchev–Trinajstić information content (AvgIpc) is 1.59. The van der Waals surface area contributed by atoms with Crippen LogP contribution < -0.4 is 0 Å². The van der Waals surface area contributed by atoms with Crippen LogP contribution in [0.5, 0.6) is 0 Å². The molecular weight excluding hydrogens is 214 g/mol. The molecule has 5 N–H and O–H groups in total. The summed E-state index contributed by atoms with van der Waals surface area (Å²) in [7, 11) is -3.88. The molecule has 9 heteroatoms. The van der Waals surface area contributed by atoms with Gasteiger partial charge in [0.05, 0.1) is 0 Å². The highest BCUT2D eigenvalue weighted by molar-refractivity contribution is 8.06. The van der Waals surface area contributed by atoms with Crippen LogP contribution in [0.2, 0.25) is 0 Å². The van der Waals surface area contributed by atoms with Crippen LogP contribution in [0.1, 0.15) is 0 Å². The second-order valence-electron chi connectivity index (χ2n) is 1.28. The monoisotopic (exact) mass is 222 g/mol. The highest BCUT2D eigenvalue weighted by Gasteiger charge is 2.01. The zero-order chi connectivity index (χ0) is 9.71. The summed E-state index contributed by atoms with van der Waals surface area (Å²) in [6, 6.07) is 0. The molecule has 0 rings (SSSR count). The Bertz CT molecular complexity index is 192. The minimum absolute atomic E-state index is 0.604. The third kappa shape index (κ3) is 63.2. The van der Waals surface area contributed by atoms with Crippen molar-refractivity contribution in [3.63, 3.8) is 0 Å². The summed E-state index contributed by atoms with van der Waals surface area (Å²) in [4.78, 5) is 38.3. The van der Waals surface area contributed by atoms with Gasteiger partial charge in [0.15, 0.2) is 0 Å². The molecule has 68 valence electrons. The largest absolute Gasteiger partial charge is 0.348 e. The van der Waals surface area contributed by atoms with Gasteiger partial charge >= 0.3 is 14.3 Å². The quantitative estimate of drug-likeness (QED) is 0.379. The number of hydrogen-bond donors (Lipinski definition) is 5. The van der Waals surface area contributed by atoms with E-state index in [0.717, 1.165) is 0 Å². The maximum absolute atomic E-state index is 9.58. The maximum atomic E-state index is 9.58. The van der Waals surface area contributed by atoms with Gasteiger partial charge in [-0.25, -0.2) is 0 Å². The second-order valence-corrected chi connectivity index (χ2v) is 5.32. The minimum Gasteiger partial charge on any atom is -0.325 e. The van der Waals surface area contributed by atoms with Crippen LogP contribution in [0.25, 0.3) is 0 Å². The van der Waals surface area contributed by atoms with Gasteiger partial charge in [-0.15, -0.1) is 0 Å². The van der Waals surface area contributed by atoms with Crippen molar-refractivity contribution in [1.82, 2.24) is 0 Å². The van der Waals surface area contributed by atoms with Gasteiger partial charge in [0.25, 0.3) is 0 Å². The first-order valence-corrected chi connectivity index (χ1v) is 6.37. The van der Waals surface area contributed by atoms with Crippen molar-refractivity contribution in [3.8, 4) is 0 Å². The third-order valence-electron chi connectivity index (χ3n) is 0.238. The SMILES string of the molecule is C=CP(=O)(O)O.OP(O)(O)=S. The molecule has 0 saturated carbocycles. The Morgan fingerprint density at radius 1 is 1.18 bits per heavy atom. The molecule has 0 aliphatic rings. The van der Waals surface area contributed by atoms with Gasteiger partial charge in [0, 0.05) is 5.82 Å². The van der Waals surface area contributed by atoms with Crippen molar-refractivity contribution in [1.29, 1.82) is 0 Å². The Morgan fingerprint density at radius 3 is 1.27 bits per heavy atom. The van der Waals surface area contributed by atoms with E-state index in [1.807, 2.05) is 0 Å². The van der Waals surface area contributed by atoms with Crippen molar-refractivity contribution >= 4 is 26.1 Å². The van der Waals surface area contributed by atoms with E-state index in [2.05, 4.69) is 18.4 Å². The third-order valence-corrected chi connectivity index (χ3v) is 0.714. The first-order valence-electron chi connectivity index (χ1n) is 2.03. The van der Waals surface area contributed by atoms with Crippen molar-refractivity contribution in [2.75, 3.05) is 0 Å². The standard InChI is InChI=1S/C2H5O3P.H3O3PS/c1-2-6(3,4)5;1-4(2,3)5/h2H,1H2,(H2,3,4,5);(H3,1,2,3,5). The summed E-state index contributed by atoms with van der Waals surface area (Å²) in [5, 5.41) is 0. The van der Waals surface area contributed by atoms with Crippen LogP contribution in [0.15, 0.2) is 12.4 Å². The average molecular weight is 222 g/mol. The van der Waals surface area contributed by atoms with Gasteiger partial charge in [-0.2, -0.15) is 0 Å². The molecule has 0 aliphatic carbocycles. The van der Waals surface area contributed by atoms with E-state index in [9.17, 15) is 4.57 Å². The van der Waals surface area contributed by atoms with E-state index in [-0.39, 0.29) is 0 Å². The summed E-state index contributed by atoms with van der Waals surface area (Å²) in [6.45, 7) is -0.937. The van der Waals surface area contributed by atoms with Gasteiger partial charge in [-0.05, 0) is 11.8 Å². The van der Waals surface area contributed by atoms with E-state index in [0.29, 0.717) is 5.82 Å². The highest BCUT2D eigenvalue weighted by Crippen LogP contribution is 2.34. The maximum Gasteiger partial charge on any atom is 0.348 e. The molecule has 0 aromatic rings. The van der Waals surface area contributed by atoms with Crippen LogP contribution in [-0.4, -0.2) is 24.5 Å². The predicted molar refractivity (Wildman–Crippen MR) is 43.2 cm³/mol. The minimum atomic E-state index is -3.88. The number of rotatable bonds is 1. The van der Waals surface area contributed by atoms with E-state index < -0.39 is 14.3 Å². The summed E-state index contributed by atoms with van der Waals surface area (Å²) in [5.41, 5.74) is 0. The van der Waals surface area contributed by atoms with Crippen LogP contribution >= 0.6 is 14.3 Å². The Kier molecular flexibility index (Phi) is 6.52. The van der Waals surface area contributed by atoms with E-state index in [1.54, 1.807) is 0 Å². The lowest BCUT2D eigenvalue weighted by atomic mass is 11.3. The fourth-order valence-corrected chi connectivity index (χ4v) is 0. The fourth-order valence-electron chi connectivity index (χ4n) is 0. The molecule has 0 radical (unpaired) electrons. The highest BCUT2D eigenvalue weighted by atomic mass is 32.5. The Labute approximate surface area is 68.2 Å². The van der Waals surface area contributed by atoms with Gasteiger partial charge in [0.1, 0.15) is 0 Å². The first-order chi connectivity index (χ1) is 4.56. The lowest BCUT2D eigenvalue weighted by Gasteiger charge is -1.88. The van der Waals surface area contributed by atoms with Crippen molar-refractivity contribution in [2.45, 2.75) is 0 Å². The van der Waals surface area contributed by atoms with Crippen LogP contribution in [-0.2, 0) is 16.4 Å². The van der Waals surface area contributed by atoms with Crippen molar-refractivity contribution < 1.29 is 29.0 Å².